The molecule has 2 aromatic rings. The number of phenolic OH excluding ortho intramolecular Hbond substituents is 3. The number of hydrogen-bond acceptors (Lipinski definition) is 4. The molecule has 1 aliphatic carbocycles. The highest BCUT2D eigenvalue weighted by molar-refractivity contribution is 5.59. The van der Waals surface area contributed by atoms with Gasteiger partial charge in [0.25, 0.3) is 0 Å². The minimum absolute atomic E-state index is 0.0190. The van der Waals surface area contributed by atoms with Crippen molar-refractivity contribution in [3.8, 4) is 23.0 Å². The monoisotopic (exact) mass is 338 g/mol. The van der Waals surface area contributed by atoms with Crippen molar-refractivity contribution in [2.75, 3.05) is 0 Å². The van der Waals surface area contributed by atoms with Gasteiger partial charge in [-0.2, -0.15) is 0 Å². The Labute approximate surface area is 147 Å². The number of phenols is 3. The lowest BCUT2D eigenvalue weighted by molar-refractivity contribution is 0.234. The third kappa shape index (κ3) is 2.28. The summed E-state index contributed by atoms with van der Waals surface area (Å²) in [4.78, 5) is 0. The van der Waals surface area contributed by atoms with Crippen molar-refractivity contribution in [2.45, 2.75) is 39.0 Å². The number of ether oxygens (including phenoxy) is 1. The Hall–Kier alpha value is -2.62. The topological polar surface area (TPSA) is 69.9 Å². The van der Waals surface area contributed by atoms with Crippen molar-refractivity contribution in [1.82, 2.24) is 0 Å². The number of hydrogen-bond donors (Lipinski definition) is 3. The summed E-state index contributed by atoms with van der Waals surface area (Å²) >= 11 is 0. The lowest BCUT2D eigenvalue weighted by Crippen LogP contribution is -2.44. The molecule has 130 valence electrons. The van der Waals surface area contributed by atoms with Gasteiger partial charge in [0.1, 0.15) is 28.8 Å². The summed E-state index contributed by atoms with van der Waals surface area (Å²) in [5.41, 5.74) is 3.78. The molecule has 4 heteroatoms. The van der Waals surface area contributed by atoms with E-state index in [1.807, 2.05) is 13.0 Å². The van der Waals surface area contributed by atoms with Gasteiger partial charge in [0.15, 0.2) is 0 Å². The maximum absolute atomic E-state index is 10.4. The van der Waals surface area contributed by atoms with Crippen LogP contribution in [0.15, 0.2) is 41.7 Å². The highest BCUT2D eigenvalue weighted by atomic mass is 16.5. The minimum atomic E-state index is -0.0451. The first-order valence-corrected chi connectivity index (χ1v) is 8.56. The molecule has 2 atom stereocenters. The van der Waals surface area contributed by atoms with Gasteiger partial charge in [-0.3, -0.25) is 0 Å². The zero-order chi connectivity index (χ0) is 17.9. The Morgan fingerprint density at radius 1 is 1.08 bits per heavy atom. The molecule has 1 fully saturated rings. The Bertz CT molecular complexity index is 912. The second kappa shape index (κ2) is 5.19. The van der Waals surface area contributed by atoms with Crippen LogP contribution in [0.5, 0.6) is 23.0 Å². The SMILES string of the molecule is CC1=C2C(C)CC2(C)c2cc(Cc3ccc(O)cc3O)c(O)cc2O1. The third-order valence-corrected chi connectivity index (χ3v) is 5.67. The molecule has 1 saturated carbocycles. The standard InChI is InChI=1S/C21H22O4/c1-11-10-21(3)16-7-14(6-13-4-5-15(22)8-17(13)23)18(24)9-19(16)25-12(2)20(11)21/h4-5,7-9,11,22-24H,6,10H2,1-3H3. The van der Waals surface area contributed by atoms with Gasteiger partial charge in [-0.25, -0.2) is 0 Å². The van der Waals surface area contributed by atoms with Gasteiger partial charge in [-0.05, 0) is 48.1 Å². The van der Waals surface area contributed by atoms with Crippen LogP contribution in [-0.4, -0.2) is 15.3 Å². The molecule has 0 aromatic heterocycles. The first-order chi connectivity index (χ1) is 11.8. The van der Waals surface area contributed by atoms with Gasteiger partial charge in [-0.1, -0.05) is 19.9 Å². The molecule has 2 aliphatic rings. The molecule has 25 heavy (non-hydrogen) atoms. The van der Waals surface area contributed by atoms with Crippen molar-refractivity contribution < 1.29 is 20.1 Å². The van der Waals surface area contributed by atoms with Crippen LogP contribution in [-0.2, 0) is 11.8 Å². The van der Waals surface area contributed by atoms with Gasteiger partial charge >= 0.3 is 0 Å². The van der Waals surface area contributed by atoms with Gasteiger partial charge in [0.05, 0.1) is 0 Å². The normalized spacial score (nSPS) is 24.2. The molecule has 4 rings (SSSR count). The average molecular weight is 338 g/mol. The second-order valence-electron chi connectivity index (χ2n) is 7.48. The minimum Gasteiger partial charge on any atom is -0.508 e. The van der Waals surface area contributed by atoms with Crippen LogP contribution in [0, 0.1) is 5.92 Å². The fourth-order valence-electron chi connectivity index (χ4n) is 4.63. The fourth-order valence-corrected chi connectivity index (χ4v) is 4.63. The number of rotatable bonds is 2. The molecular weight excluding hydrogens is 316 g/mol. The molecule has 0 saturated heterocycles. The largest absolute Gasteiger partial charge is 0.508 e. The van der Waals surface area contributed by atoms with Gasteiger partial charge < -0.3 is 20.1 Å². The first kappa shape index (κ1) is 15.9. The van der Waals surface area contributed by atoms with E-state index in [0.29, 0.717) is 23.7 Å². The van der Waals surface area contributed by atoms with Crippen molar-refractivity contribution in [1.29, 1.82) is 0 Å². The zero-order valence-electron chi connectivity index (χ0n) is 14.6. The molecule has 0 spiro atoms. The van der Waals surface area contributed by atoms with E-state index in [-0.39, 0.29) is 22.7 Å². The molecule has 2 aromatic carbocycles. The van der Waals surface area contributed by atoms with Gasteiger partial charge in [0, 0.05) is 29.5 Å². The number of allylic oxidation sites excluding steroid dienone is 2. The molecule has 4 nitrogen and oxygen atoms in total. The van der Waals surface area contributed by atoms with Crippen molar-refractivity contribution in [3.63, 3.8) is 0 Å². The van der Waals surface area contributed by atoms with Crippen LogP contribution in [0.3, 0.4) is 0 Å². The van der Waals surface area contributed by atoms with Crippen molar-refractivity contribution in [2.24, 2.45) is 5.92 Å². The van der Waals surface area contributed by atoms with E-state index in [0.717, 1.165) is 23.3 Å². The Morgan fingerprint density at radius 3 is 2.48 bits per heavy atom. The molecule has 0 radical (unpaired) electrons. The van der Waals surface area contributed by atoms with E-state index < -0.39 is 0 Å². The number of fused-ring (bicyclic) bond motifs is 3. The van der Waals surface area contributed by atoms with E-state index in [2.05, 4.69) is 13.8 Å². The first-order valence-electron chi connectivity index (χ1n) is 8.56. The summed E-state index contributed by atoms with van der Waals surface area (Å²) in [6, 6.07) is 8.19. The highest BCUT2D eigenvalue weighted by Crippen LogP contribution is 2.59. The molecule has 1 heterocycles. The summed E-state index contributed by atoms with van der Waals surface area (Å²) in [5, 5.41) is 29.9. The van der Waals surface area contributed by atoms with E-state index >= 15 is 0 Å². The number of benzene rings is 2. The van der Waals surface area contributed by atoms with E-state index in [9.17, 15) is 15.3 Å². The highest BCUT2D eigenvalue weighted by Gasteiger charge is 2.50. The van der Waals surface area contributed by atoms with E-state index in [4.69, 9.17) is 4.74 Å². The summed E-state index contributed by atoms with van der Waals surface area (Å²) in [6.45, 7) is 6.43. The molecule has 2 unspecified atom stereocenters. The third-order valence-electron chi connectivity index (χ3n) is 5.67. The maximum atomic E-state index is 10.4. The van der Waals surface area contributed by atoms with Crippen LogP contribution in [0.4, 0.5) is 0 Å². The smallest absolute Gasteiger partial charge is 0.134 e. The Morgan fingerprint density at radius 2 is 1.80 bits per heavy atom. The van der Waals surface area contributed by atoms with Crippen LogP contribution in [0.1, 0.15) is 43.9 Å². The summed E-state index contributed by atoms with van der Waals surface area (Å²) < 4.78 is 5.96. The van der Waals surface area contributed by atoms with Crippen molar-refractivity contribution >= 4 is 0 Å². The fraction of sp³-hybridized carbons (Fsp3) is 0.333. The molecular formula is C21H22O4. The predicted octanol–water partition coefficient (Wildman–Crippen LogP) is 4.36. The average Bonchev–Trinajstić information content (AvgIpc) is 2.50. The van der Waals surface area contributed by atoms with Gasteiger partial charge in [-0.15, -0.1) is 0 Å². The summed E-state index contributed by atoms with van der Waals surface area (Å²) in [6.07, 6.45) is 1.44. The molecule has 0 bridgehead atoms. The van der Waals surface area contributed by atoms with Crippen LogP contribution in [0.2, 0.25) is 0 Å². The Balaban J connectivity index is 1.76. The molecule has 3 N–H and O–H groups in total. The second-order valence-corrected chi connectivity index (χ2v) is 7.48. The molecule has 1 aliphatic heterocycles. The predicted molar refractivity (Wildman–Crippen MR) is 95.1 cm³/mol. The van der Waals surface area contributed by atoms with Gasteiger partial charge in [0.2, 0.25) is 0 Å². The van der Waals surface area contributed by atoms with Crippen LogP contribution in [0.25, 0.3) is 0 Å². The maximum Gasteiger partial charge on any atom is 0.134 e. The lowest BCUT2D eigenvalue weighted by atomic mass is 9.55. The summed E-state index contributed by atoms with van der Waals surface area (Å²) in [7, 11) is 0. The van der Waals surface area contributed by atoms with Crippen LogP contribution < -0.4 is 4.74 Å². The zero-order valence-corrected chi connectivity index (χ0v) is 14.6. The van der Waals surface area contributed by atoms with E-state index in [1.165, 1.54) is 17.7 Å². The number of aromatic hydroxyl groups is 3. The quantitative estimate of drug-likeness (QED) is 0.761. The van der Waals surface area contributed by atoms with E-state index in [1.54, 1.807) is 12.1 Å². The molecule has 0 amide bonds. The van der Waals surface area contributed by atoms with Crippen LogP contribution >= 0.6 is 0 Å². The Kier molecular flexibility index (Phi) is 3.29. The summed E-state index contributed by atoms with van der Waals surface area (Å²) in [5.74, 6) is 2.36. The lowest BCUT2D eigenvalue weighted by Gasteiger charge is -2.51. The van der Waals surface area contributed by atoms with Crippen molar-refractivity contribution in [3.05, 3.63) is 58.4 Å².